The van der Waals surface area contributed by atoms with Crippen LogP contribution in [-0.2, 0) is 13.1 Å². The highest BCUT2D eigenvalue weighted by atomic mass is 19.1. The van der Waals surface area contributed by atoms with E-state index in [0.29, 0.717) is 38.1 Å². The lowest BCUT2D eigenvalue weighted by molar-refractivity contribution is 0.0782. The molecule has 0 spiro atoms. The molecule has 31 heavy (non-hydrogen) atoms. The van der Waals surface area contributed by atoms with Gasteiger partial charge in [-0.2, -0.15) is 0 Å². The molecular formula is C25H34FN3O2. The van der Waals surface area contributed by atoms with E-state index in [-0.39, 0.29) is 11.8 Å². The number of ether oxygens (including phenoxy) is 1. The SMILES string of the molecule is CCN1CC(CN(Cc2ccc(F)cc2)C(=O)NCc2ccc(OCC(C)C)cc2)C1. The lowest BCUT2D eigenvalue weighted by Crippen LogP contribution is -2.53. The van der Waals surface area contributed by atoms with Gasteiger partial charge < -0.3 is 19.9 Å². The zero-order valence-electron chi connectivity index (χ0n) is 18.8. The number of urea groups is 1. The van der Waals surface area contributed by atoms with Crippen molar-refractivity contribution >= 4 is 6.03 Å². The maximum Gasteiger partial charge on any atom is 0.317 e. The fourth-order valence-corrected chi connectivity index (χ4v) is 3.65. The van der Waals surface area contributed by atoms with Crippen LogP contribution in [0.15, 0.2) is 48.5 Å². The molecule has 1 heterocycles. The van der Waals surface area contributed by atoms with Gasteiger partial charge in [0.25, 0.3) is 0 Å². The van der Waals surface area contributed by atoms with Gasteiger partial charge in [0.05, 0.1) is 6.61 Å². The van der Waals surface area contributed by atoms with Crippen molar-refractivity contribution in [3.05, 3.63) is 65.5 Å². The quantitative estimate of drug-likeness (QED) is 0.606. The molecule has 1 aliphatic rings. The minimum atomic E-state index is -0.266. The van der Waals surface area contributed by atoms with E-state index in [0.717, 1.165) is 36.5 Å². The largest absolute Gasteiger partial charge is 0.493 e. The highest BCUT2D eigenvalue weighted by Crippen LogP contribution is 2.18. The Morgan fingerprint density at radius 1 is 1.13 bits per heavy atom. The zero-order chi connectivity index (χ0) is 22.2. The molecule has 5 nitrogen and oxygen atoms in total. The first kappa shape index (κ1) is 23.1. The zero-order valence-corrected chi connectivity index (χ0v) is 18.8. The lowest BCUT2D eigenvalue weighted by Gasteiger charge is -2.41. The molecule has 0 unspecified atom stereocenters. The molecule has 1 fully saturated rings. The van der Waals surface area contributed by atoms with Crippen LogP contribution in [0.2, 0.25) is 0 Å². The Morgan fingerprint density at radius 3 is 2.39 bits per heavy atom. The summed E-state index contributed by atoms with van der Waals surface area (Å²) in [5.74, 6) is 1.53. The molecule has 1 aliphatic heterocycles. The summed E-state index contributed by atoms with van der Waals surface area (Å²) in [6.07, 6.45) is 0. The number of amides is 2. The normalized spacial score (nSPS) is 14.4. The van der Waals surface area contributed by atoms with E-state index < -0.39 is 0 Å². The minimum Gasteiger partial charge on any atom is -0.493 e. The third-order valence-electron chi connectivity index (χ3n) is 5.48. The molecule has 0 bridgehead atoms. The number of benzene rings is 2. The second-order valence-electron chi connectivity index (χ2n) is 8.73. The van der Waals surface area contributed by atoms with E-state index in [2.05, 4.69) is 31.0 Å². The third-order valence-corrected chi connectivity index (χ3v) is 5.48. The molecule has 0 radical (unpaired) electrons. The van der Waals surface area contributed by atoms with Crippen LogP contribution in [-0.4, -0.2) is 48.6 Å². The molecule has 0 aromatic heterocycles. The van der Waals surface area contributed by atoms with Gasteiger partial charge in [0.15, 0.2) is 0 Å². The van der Waals surface area contributed by atoms with Gasteiger partial charge in [-0.25, -0.2) is 9.18 Å². The van der Waals surface area contributed by atoms with E-state index >= 15 is 0 Å². The predicted octanol–water partition coefficient (Wildman–Crippen LogP) is 4.52. The molecule has 2 aromatic carbocycles. The summed E-state index contributed by atoms with van der Waals surface area (Å²) in [4.78, 5) is 17.2. The molecule has 1 N–H and O–H groups in total. The summed E-state index contributed by atoms with van der Waals surface area (Å²) >= 11 is 0. The first-order chi connectivity index (χ1) is 14.9. The Labute approximate surface area is 185 Å². The minimum absolute atomic E-state index is 0.0978. The van der Waals surface area contributed by atoms with E-state index in [4.69, 9.17) is 4.74 Å². The number of halogens is 1. The van der Waals surface area contributed by atoms with Gasteiger partial charge in [-0.05, 0) is 47.9 Å². The fraction of sp³-hybridized carbons (Fsp3) is 0.480. The van der Waals surface area contributed by atoms with Crippen molar-refractivity contribution in [2.45, 2.75) is 33.9 Å². The highest BCUT2D eigenvalue weighted by Gasteiger charge is 2.28. The Morgan fingerprint density at radius 2 is 1.77 bits per heavy atom. The summed E-state index contributed by atoms with van der Waals surface area (Å²) in [6.45, 7) is 11.8. The molecule has 2 amide bonds. The molecule has 0 saturated carbocycles. The highest BCUT2D eigenvalue weighted by molar-refractivity contribution is 5.74. The van der Waals surface area contributed by atoms with Gasteiger partial charge in [-0.3, -0.25) is 0 Å². The van der Waals surface area contributed by atoms with Crippen LogP contribution in [0, 0.1) is 17.7 Å². The third kappa shape index (κ3) is 7.24. The Kier molecular flexibility index (Phi) is 8.29. The first-order valence-electron chi connectivity index (χ1n) is 11.1. The van der Waals surface area contributed by atoms with Crippen LogP contribution in [0.25, 0.3) is 0 Å². The van der Waals surface area contributed by atoms with Crippen molar-refractivity contribution in [3.63, 3.8) is 0 Å². The van der Waals surface area contributed by atoms with Crippen LogP contribution in [0.1, 0.15) is 31.9 Å². The molecule has 2 aromatic rings. The number of nitrogens with one attached hydrogen (secondary N) is 1. The standard InChI is InChI=1S/C25H34FN3O2/c1-4-28-14-22(15-28)17-29(16-21-5-9-23(26)10-6-21)25(30)27-13-20-7-11-24(12-8-20)31-18-19(2)3/h5-12,19,22H,4,13-18H2,1-3H3,(H,27,30). The summed E-state index contributed by atoms with van der Waals surface area (Å²) < 4.78 is 19.0. The lowest BCUT2D eigenvalue weighted by atomic mass is 9.99. The van der Waals surface area contributed by atoms with Crippen molar-refractivity contribution in [2.75, 3.05) is 32.8 Å². The summed E-state index contributed by atoms with van der Waals surface area (Å²) in [5, 5.41) is 3.04. The van der Waals surface area contributed by atoms with Crippen LogP contribution in [0.4, 0.5) is 9.18 Å². The second kappa shape index (κ2) is 11.1. The molecule has 0 aliphatic carbocycles. The molecule has 168 valence electrons. The van der Waals surface area contributed by atoms with Crippen LogP contribution in [0.3, 0.4) is 0 Å². The predicted molar refractivity (Wildman–Crippen MR) is 121 cm³/mol. The van der Waals surface area contributed by atoms with Gasteiger partial charge in [0, 0.05) is 38.6 Å². The van der Waals surface area contributed by atoms with Crippen LogP contribution < -0.4 is 10.1 Å². The Balaban J connectivity index is 1.56. The smallest absolute Gasteiger partial charge is 0.317 e. The molecule has 1 saturated heterocycles. The number of carbonyl (C=O) groups excluding carboxylic acids is 1. The van der Waals surface area contributed by atoms with Crippen molar-refractivity contribution in [3.8, 4) is 5.75 Å². The van der Waals surface area contributed by atoms with Gasteiger partial charge in [-0.1, -0.05) is 45.0 Å². The fourth-order valence-electron chi connectivity index (χ4n) is 3.65. The second-order valence-corrected chi connectivity index (χ2v) is 8.73. The average molecular weight is 428 g/mol. The van der Waals surface area contributed by atoms with Crippen molar-refractivity contribution in [1.82, 2.24) is 15.1 Å². The van der Waals surface area contributed by atoms with Crippen molar-refractivity contribution < 1.29 is 13.9 Å². The summed E-state index contributed by atoms with van der Waals surface area (Å²) in [6, 6.07) is 14.1. The number of nitrogens with zero attached hydrogens (tertiary/aromatic N) is 2. The van der Waals surface area contributed by atoms with Gasteiger partial charge in [0.2, 0.25) is 0 Å². The number of likely N-dealkylation sites (tertiary alicyclic amines) is 1. The number of rotatable bonds is 10. The maximum atomic E-state index is 13.3. The van der Waals surface area contributed by atoms with Gasteiger partial charge >= 0.3 is 6.03 Å². The number of carbonyl (C=O) groups is 1. The van der Waals surface area contributed by atoms with E-state index in [1.54, 1.807) is 12.1 Å². The summed E-state index contributed by atoms with van der Waals surface area (Å²) in [5.41, 5.74) is 1.95. The van der Waals surface area contributed by atoms with E-state index in [9.17, 15) is 9.18 Å². The molecular weight excluding hydrogens is 393 g/mol. The molecule has 0 atom stereocenters. The maximum absolute atomic E-state index is 13.3. The average Bonchev–Trinajstić information content (AvgIpc) is 2.74. The Hall–Kier alpha value is -2.60. The number of hydrogen-bond acceptors (Lipinski definition) is 3. The topological polar surface area (TPSA) is 44.8 Å². The van der Waals surface area contributed by atoms with Crippen molar-refractivity contribution in [1.29, 1.82) is 0 Å². The molecule has 6 heteroatoms. The monoisotopic (exact) mass is 427 g/mol. The van der Waals surface area contributed by atoms with E-state index in [1.165, 1.54) is 12.1 Å². The first-order valence-corrected chi connectivity index (χ1v) is 11.1. The summed E-state index contributed by atoms with van der Waals surface area (Å²) in [7, 11) is 0. The van der Waals surface area contributed by atoms with Gasteiger partial charge in [0.1, 0.15) is 11.6 Å². The number of hydrogen-bond donors (Lipinski definition) is 1. The van der Waals surface area contributed by atoms with Crippen molar-refractivity contribution in [2.24, 2.45) is 11.8 Å². The van der Waals surface area contributed by atoms with E-state index in [1.807, 2.05) is 29.2 Å². The van der Waals surface area contributed by atoms with Gasteiger partial charge in [-0.15, -0.1) is 0 Å². The van der Waals surface area contributed by atoms with Crippen LogP contribution >= 0.6 is 0 Å². The van der Waals surface area contributed by atoms with Crippen LogP contribution in [0.5, 0.6) is 5.75 Å². The Bertz CT molecular complexity index is 818. The molecule has 3 rings (SSSR count).